The molecule has 1 unspecified atom stereocenters. The first-order valence-electron chi connectivity index (χ1n) is 12.4. The van der Waals surface area contributed by atoms with E-state index in [0.717, 1.165) is 33.3 Å². The van der Waals surface area contributed by atoms with E-state index in [2.05, 4.69) is 28.9 Å². The lowest BCUT2D eigenvalue weighted by Gasteiger charge is -2.26. The monoisotopic (exact) mass is 497 g/mol. The maximum absolute atomic E-state index is 13.5. The molecule has 0 radical (unpaired) electrons. The van der Waals surface area contributed by atoms with E-state index in [0.29, 0.717) is 30.0 Å². The number of amides is 2. The van der Waals surface area contributed by atoms with Crippen LogP contribution in [0.25, 0.3) is 10.9 Å². The van der Waals surface area contributed by atoms with Crippen LogP contribution in [0.1, 0.15) is 38.8 Å². The minimum absolute atomic E-state index is 0.0211. The van der Waals surface area contributed by atoms with Gasteiger partial charge in [-0.2, -0.15) is 0 Å². The average molecular weight is 498 g/mol. The highest BCUT2D eigenvalue weighted by atomic mass is 16.5. The molecule has 190 valence electrons. The Bertz CT molecular complexity index is 1490. The van der Waals surface area contributed by atoms with Gasteiger partial charge in [0, 0.05) is 41.3 Å². The van der Waals surface area contributed by atoms with E-state index in [1.54, 1.807) is 19.1 Å². The third kappa shape index (κ3) is 4.31. The molecule has 2 amide bonds. The first kappa shape index (κ1) is 24.4. The molecule has 1 aromatic heterocycles. The van der Waals surface area contributed by atoms with Gasteiger partial charge < -0.3 is 24.3 Å². The number of carbonyl (C=O) groups excluding carboxylic acids is 2. The van der Waals surface area contributed by atoms with Crippen molar-refractivity contribution in [2.24, 2.45) is 7.05 Å². The van der Waals surface area contributed by atoms with E-state index in [4.69, 9.17) is 9.47 Å². The highest BCUT2D eigenvalue weighted by molar-refractivity contribution is 6.02. The Morgan fingerprint density at radius 3 is 2.49 bits per heavy atom. The molecule has 37 heavy (non-hydrogen) atoms. The van der Waals surface area contributed by atoms with Gasteiger partial charge >= 0.3 is 0 Å². The van der Waals surface area contributed by atoms with Crippen LogP contribution in [0.5, 0.6) is 11.5 Å². The number of carbonyl (C=O) groups is 2. The number of aromatic nitrogens is 1. The van der Waals surface area contributed by atoms with Gasteiger partial charge in [-0.25, -0.2) is 0 Å². The van der Waals surface area contributed by atoms with Crippen molar-refractivity contribution in [2.75, 3.05) is 27.3 Å². The lowest BCUT2D eigenvalue weighted by atomic mass is 9.95. The maximum atomic E-state index is 13.5. The van der Waals surface area contributed by atoms with Crippen molar-refractivity contribution in [3.05, 3.63) is 94.7 Å². The zero-order valence-electron chi connectivity index (χ0n) is 21.6. The Hall–Kier alpha value is -4.26. The molecule has 1 aliphatic heterocycles. The fourth-order valence-corrected chi connectivity index (χ4v) is 5.33. The van der Waals surface area contributed by atoms with Crippen LogP contribution in [0.4, 0.5) is 0 Å². The van der Waals surface area contributed by atoms with Gasteiger partial charge in [-0.15, -0.1) is 0 Å². The fraction of sp³-hybridized carbons (Fsp3) is 0.267. The zero-order chi connectivity index (χ0) is 26.1. The number of benzene rings is 3. The van der Waals surface area contributed by atoms with Crippen LogP contribution < -0.4 is 14.8 Å². The first-order chi connectivity index (χ1) is 17.9. The molecular formula is C30H31N3O4. The summed E-state index contributed by atoms with van der Waals surface area (Å²) in [6.07, 6.45) is 0.631. The summed E-state index contributed by atoms with van der Waals surface area (Å²) in [5.74, 6) is 1.00. The molecule has 0 saturated heterocycles. The summed E-state index contributed by atoms with van der Waals surface area (Å²) in [4.78, 5) is 28.3. The van der Waals surface area contributed by atoms with Crippen LogP contribution in [-0.2, 0) is 18.3 Å². The Balaban J connectivity index is 1.37. The van der Waals surface area contributed by atoms with E-state index >= 15 is 0 Å². The van der Waals surface area contributed by atoms with Crippen LogP contribution in [-0.4, -0.2) is 48.6 Å². The Morgan fingerprint density at radius 2 is 1.70 bits per heavy atom. The van der Waals surface area contributed by atoms with Crippen LogP contribution in [0, 0.1) is 6.92 Å². The third-order valence-electron chi connectivity index (χ3n) is 7.28. The summed E-state index contributed by atoms with van der Waals surface area (Å²) < 4.78 is 12.8. The van der Waals surface area contributed by atoms with Crippen molar-refractivity contribution >= 4 is 22.7 Å². The molecule has 0 bridgehead atoms. The summed E-state index contributed by atoms with van der Waals surface area (Å²) >= 11 is 0. The van der Waals surface area contributed by atoms with Gasteiger partial charge in [-0.3, -0.25) is 9.59 Å². The molecule has 3 aromatic carbocycles. The second kappa shape index (κ2) is 10.0. The van der Waals surface area contributed by atoms with Crippen molar-refractivity contribution in [3.63, 3.8) is 0 Å². The molecular weight excluding hydrogens is 466 g/mol. The molecule has 2 heterocycles. The van der Waals surface area contributed by atoms with Crippen LogP contribution >= 0.6 is 0 Å². The van der Waals surface area contributed by atoms with E-state index < -0.39 is 0 Å². The predicted octanol–water partition coefficient (Wildman–Crippen LogP) is 4.41. The molecule has 1 atom stereocenters. The predicted molar refractivity (Wildman–Crippen MR) is 143 cm³/mol. The lowest BCUT2D eigenvalue weighted by molar-refractivity contribution is -0.122. The molecule has 7 heteroatoms. The second-order valence-corrected chi connectivity index (χ2v) is 9.29. The topological polar surface area (TPSA) is 72.8 Å². The van der Waals surface area contributed by atoms with Gasteiger partial charge in [0.15, 0.2) is 11.5 Å². The molecule has 0 spiro atoms. The number of para-hydroxylation sites is 1. The van der Waals surface area contributed by atoms with Gasteiger partial charge in [0.2, 0.25) is 5.91 Å². The summed E-state index contributed by atoms with van der Waals surface area (Å²) in [6.45, 7) is 2.50. The molecule has 4 aromatic rings. The van der Waals surface area contributed by atoms with E-state index in [-0.39, 0.29) is 24.4 Å². The van der Waals surface area contributed by atoms with Crippen molar-refractivity contribution in [2.45, 2.75) is 19.4 Å². The van der Waals surface area contributed by atoms with E-state index in [1.807, 2.05) is 61.6 Å². The lowest BCUT2D eigenvalue weighted by Crippen LogP contribution is -2.40. The molecule has 0 saturated carbocycles. The van der Waals surface area contributed by atoms with Crippen molar-refractivity contribution in [1.82, 2.24) is 14.8 Å². The number of methoxy groups -OCH3 is 2. The average Bonchev–Trinajstić information content (AvgIpc) is 3.33. The number of nitrogens with zero attached hydrogens (tertiary/aromatic N) is 2. The van der Waals surface area contributed by atoms with Gasteiger partial charge in [-0.05, 0) is 48.7 Å². The van der Waals surface area contributed by atoms with E-state index in [9.17, 15) is 9.59 Å². The summed E-state index contributed by atoms with van der Waals surface area (Å²) in [7, 11) is 5.24. The van der Waals surface area contributed by atoms with Gasteiger partial charge in [0.1, 0.15) is 6.54 Å². The SMILES string of the molecule is COc1ccc(CCNC(=O)CN2C(=O)c3ccccc3C2c2c(C)n(C)c3ccccc23)cc1OC. The second-order valence-electron chi connectivity index (χ2n) is 9.29. The highest BCUT2D eigenvalue weighted by Crippen LogP contribution is 2.43. The molecule has 7 nitrogen and oxygen atoms in total. The Kier molecular flexibility index (Phi) is 6.61. The number of hydrogen-bond donors (Lipinski definition) is 1. The maximum Gasteiger partial charge on any atom is 0.255 e. The van der Waals surface area contributed by atoms with Gasteiger partial charge in [-0.1, -0.05) is 42.5 Å². The number of nitrogens with one attached hydrogen (secondary N) is 1. The molecule has 1 N–H and O–H groups in total. The summed E-state index contributed by atoms with van der Waals surface area (Å²) in [5.41, 5.74) is 5.85. The van der Waals surface area contributed by atoms with Gasteiger partial charge in [0.25, 0.3) is 5.91 Å². The van der Waals surface area contributed by atoms with Gasteiger partial charge in [0.05, 0.1) is 20.3 Å². The molecule has 1 aliphatic rings. The minimum atomic E-state index is -0.327. The zero-order valence-corrected chi connectivity index (χ0v) is 21.6. The Labute approximate surface area is 216 Å². The smallest absolute Gasteiger partial charge is 0.255 e. The van der Waals surface area contributed by atoms with Crippen LogP contribution in [0.2, 0.25) is 0 Å². The normalized spacial score (nSPS) is 14.6. The largest absolute Gasteiger partial charge is 0.493 e. The number of rotatable bonds is 8. The first-order valence-corrected chi connectivity index (χ1v) is 12.4. The van der Waals surface area contributed by atoms with Crippen LogP contribution in [0.15, 0.2) is 66.7 Å². The quantitative estimate of drug-likeness (QED) is 0.392. The standard InChI is InChI=1S/C30H31N3O4/c1-19-28(23-11-7-8-12-24(23)32(19)2)29-21-9-5-6-10-22(21)30(35)33(29)18-27(34)31-16-15-20-13-14-25(36-3)26(17-20)37-4/h5-14,17,29H,15-16,18H2,1-4H3,(H,31,34). The summed E-state index contributed by atoms with van der Waals surface area (Å²) in [6, 6.07) is 21.3. The Morgan fingerprint density at radius 1 is 0.973 bits per heavy atom. The number of hydrogen-bond acceptors (Lipinski definition) is 4. The summed E-state index contributed by atoms with van der Waals surface area (Å²) in [5, 5.41) is 4.08. The number of ether oxygens (including phenoxy) is 2. The molecule has 0 aliphatic carbocycles. The minimum Gasteiger partial charge on any atom is -0.493 e. The molecule has 5 rings (SSSR count). The van der Waals surface area contributed by atoms with Crippen LogP contribution in [0.3, 0.4) is 0 Å². The number of aryl methyl sites for hydroxylation is 1. The highest BCUT2D eigenvalue weighted by Gasteiger charge is 2.40. The van der Waals surface area contributed by atoms with Crippen molar-refractivity contribution in [3.8, 4) is 11.5 Å². The fourth-order valence-electron chi connectivity index (χ4n) is 5.33. The van der Waals surface area contributed by atoms with Crippen molar-refractivity contribution < 1.29 is 19.1 Å². The number of fused-ring (bicyclic) bond motifs is 2. The van der Waals surface area contributed by atoms with Crippen molar-refractivity contribution in [1.29, 1.82) is 0 Å². The molecule has 0 fully saturated rings. The third-order valence-corrected chi connectivity index (χ3v) is 7.28. The van der Waals surface area contributed by atoms with E-state index in [1.165, 1.54) is 0 Å².